The molecule has 1 saturated carbocycles. The lowest BCUT2D eigenvalue weighted by Gasteiger charge is -2.20. The normalized spacial score (nSPS) is 20.4. The van der Waals surface area contributed by atoms with E-state index in [1.807, 2.05) is 6.07 Å². The third-order valence-electron chi connectivity index (χ3n) is 2.95. The summed E-state index contributed by atoms with van der Waals surface area (Å²) in [5.74, 6) is -0.0974. The molecule has 76 valence electrons. The van der Waals surface area contributed by atoms with Crippen molar-refractivity contribution in [2.24, 2.45) is 5.73 Å². The quantitative estimate of drug-likeness (QED) is 0.774. The minimum Gasteiger partial charge on any atom is -0.508 e. The van der Waals surface area contributed by atoms with Crippen LogP contribution in [-0.2, 0) is 0 Å². The van der Waals surface area contributed by atoms with Crippen molar-refractivity contribution in [3.8, 4) is 5.75 Å². The van der Waals surface area contributed by atoms with Gasteiger partial charge in [0.2, 0.25) is 0 Å². The van der Waals surface area contributed by atoms with E-state index >= 15 is 0 Å². The summed E-state index contributed by atoms with van der Waals surface area (Å²) >= 11 is 0. The molecule has 0 bridgehead atoms. The van der Waals surface area contributed by atoms with Crippen molar-refractivity contribution in [2.45, 2.75) is 24.3 Å². The van der Waals surface area contributed by atoms with Gasteiger partial charge in [-0.2, -0.15) is 0 Å². The minimum absolute atomic E-state index is 0.171. The van der Waals surface area contributed by atoms with Gasteiger partial charge in [0.15, 0.2) is 0 Å². The maximum absolute atomic E-state index is 12.8. The number of alkyl halides is 1. The van der Waals surface area contributed by atoms with Gasteiger partial charge in [-0.1, -0.05) is 12.1 Å². The van der Waals surface area contributed by atoms with Crippen LogP contribution < -0.4 is 5.73 Å². The lowest BCUT2D eigenvalue weighted by Crippen LogP contribution is -2.31. The monoisotopic (exact) mass is 195 g/mol. The third kappa shape index (κ3) is 1.60. The van der Waals surface area contributed by atoms with Crippen LogP contribution in [0.3, 0.4) is 0 Å². The molecule has 2 rings (SSSR count). The van der Waals surface area contributed by atoms with E-state index in [0.717, 1.165) is 18.4 Å². The van der Waals surface area contributed by atoms with Crippen molar-refractivity contribution < 1.29 is 9.50 Å². The van der Waals surface area contributed by atoms with Crippen molar-refractivity contribution >= 4 is 0 Å². The van der Waals surface area contributed by atoms with Gasteiger partial charge in [-0.3, -0.25) is 4.39 Å². The molecule has 1 unspecified atom stereocenters. The molecular formula is C11H14FNO. The first-order valence-electron chi connectivity index (χ1n) is 4.79. The average molecular weight is 195 g/mol. The van der Waals surface area contributed by atoms with Crippen LogP contribution in [0.25, 0.3) is 0 Å². The van der Waals surface area contributed by atoms with E-state index in [0.29, 0.717) is 0 Å². The Morgan fingerprint density at radius 1 is 1.50 bits per heavy atom. The molecule has 3 N–H and O–H groups in total. The highest BCUT2D eigenvalue weighted by molar-refractivity contribution is 5.33. The molecule has 1 atom stereocenters. The fourth-order valence-corrected chi connectivity index (χ4v) is 1.81. The van der Waals surface area contributed by atoms with Crippen LogP contribution >= 0.6 is 0 Å². The highest BCUT2D eigenvalue weighted by atomic mass is 19.1. The van der Waals surface area contributed by atoms with Crippen LogP contribution in [0.4, 0.5) is 4.39 Å². The van der Waals surface area contributed by atoms with Crippen LogP contribution in [0.1, 0.15) is 24.3 Å². The first-order valence-corrected chi connectivity index (χ1v) is 4.79. The predicted octanol–water partition coefficient (Wildman–Crippen LogP) is 1.94. The molecule has 0 spiro atoms. The lowest BCUT2D eigenvalue weighted by molar-refractivity contribution is 0.375. The molecule has 1 fully saturated rings. The number of aromatic hydroxyl groups is 1. The van der Waals surface area contributed by atoms with Gasteiger partial charge in [0.1, 0.15) is 5.75 Å². The number of phenolic OH excluding ortho intramolecular Hbond substituents is 1. The van der Waals surface area contributed by atoms with E-state index in [9.17, 15) is 9.50 Å². The molecule has 1 aliphatic rings. The van der Waals surface area contributed by atoms with Crippen molar-refractivity contribution in [2.75, 3.05) is 6.67 Å². The van der Waals surface area contributed by atoms with Gasteiger partial charge in [-0.15, -0.1) is 0 Å². The van der Waals surface area contributed by atoms with E-state index in [1.165, 1.54) is 0 Å². The smallest absolute Gasteiger partial charge is 0.115 e. The first kappa shape index (κ1) is 9.46. The molecule has 0 saturated heterocycles. The topological polar surface area (TPSA) is 46.2 Å². The third-order valence-corrected chi connectivity index (χ3v) is 2.95. The van der Waals surface area contributed by atoms with Crippen LogP contribution in [-0.4, -0.2) is 17.3 Å². The van der Waals surface area contributed by atoms with Crippen molar-refractivity contribution in [3.05, 3.63) is 29.8 Å². The summed E-state index contributed by atoms with van der Waals surface area (Å²) in [5, 5.41) is 9.28. The Balaban J connectivity index is 2.27. The second-order valence-electron chi connectivity index (χ2n) is 4.04. The molecule has 2 nitrogen and oxygen atoms in total. The number of nitrogens with two attached hydrogens (primary N) is 1. The Morgan fingerprint density at radius 3 is 2.71 bits per heavy atom. The number of hydrogen-bond acceptors (Lipinski definition) is 2. The lowest BCUT2D eigenvalue weighted by atomic mass is 9.91. The van der Waals surface area contributed by atoms with E-state index in [4.69, 9.17) is 5.73 Å². The Hall–Kier alpha value is -1.09. The Labute approximate surface area is 82.5 Å². The van der Waals surface area contributed by atoms with Crippen molar-refractivity contribution in [1.82, 2.24) is 0 Å². The maximum atomic E-state index is 12.8. The number of rotatable bonds is 3. The van der Waals surface area contributed by atoms with E-state index in [1.54, 1.807) is 18.2 Å². The van der Waals surface area contributed by atoms with Gasteiger partial charge in [0, 0.05) is 11.5 Å². The zero-order valence-corrected chi connectivity index (χ0v) is 7.91. The van der Waals surface area contributed by atoms with Gasteiger partial charge < -0.3 is 10.8 Å². The first-order chi connectivity index (χ1) is 6.65. The van der Waals surface area contributed by atoms with Crippen LogP contribution in [0.5, 0.6) is 5.75 Å². The molecule has 3 heteroatoms. The summed E-state index contributed by atoms with van der Waals surface area (Å²) in [7, 11) is 0. The van der Waals surface area contributed by atoms with Crippen LogP contribution in [0.2, 0.25) is 0 Å². The van der Waals surface area contributed by atoms with Gasteiger partial charge in [-0.05, 0) is 30.5 Å². The van der Waals surface area contributed by atoms with Gasteiger partial charge in [-0.25, -0.2) is 0 Å². The zero-order valence-electron chi connectivity index (χ0n) is 7.91. The average Bonchev–Trinajstić information content (AvgIpc) is 2.85. The molecule has 0 radical (unpaired) electrons. The number of phenols is 1. The Morgan fingerprint density at radius 2 is 2.21 bits per heavy atom. The predicted molar refractivity (Wildman–Crippen MR) is 53.0 cm³/mol. The SMILES string of the molecule is NC1(C(CF)c2cccc(O)c2)CC1. The highest BCUT2D eigenvalue weighted by Gasteiger charge is 2.46. The zero-order chi connectivity index (χ0) is 10.2. The molecule has 1 aromatic carbocycles. The molecule has 14 heavy (non-hydrogen) atoms. The summed E-state index contributed by atoms with van der Waals surface area (Å²) in [5.41, 5.74) is 6.39. The molecule has 1 aromatic rings. The Bertz CT molecular complexity index is 336. The number of benzene rings is 1. The van der Waals surface area contributed by atoms with Crippen LogP contribution in [0, 0.1) is 0 Å². The summed E-state index contributed by atoms with van der Waals surface area (Å²) in [4.78, 5) is 0. The molecule has 0 amide bonds. The van der Waals surface area contributed by atoms with E-state index in [2.05, 4.69) is 0 Å². The van der Waals surface area contributed by atoms with Gasteiger partial charge in [0.05, 0.1) is 6.67 Å². The summed E-state index contributed by atoms with van der Waals surface area (Å²) < 4.78 is 12.8. The van der Waals surface area contributed by atoms with Crippen LogP contribution in [0.15, 0.2) is 24.3 Å². The second kappa shape index (κ2) is 3.24. The number of halogens is 1. The molecule has 0 heterocycles. The second-order valence-corrected chi connectivity index (χ2v) is 4.04. The molecule has 0 aromatic heterocycles. The van der Waals surface area contributed by atoms with Crippen molar-refractivity contribution in [1.29, 1.82) is 0 Å². The molecule has 1 aliphatic carbocycles. The minimum atomic E-state index is -0.458. The highest BCUT2D eigenvalue weighted by Crippen LogP contribution is 2.45. The molecular weight excluding hydrogens is 181 g/mol. The van der Waals surface area contributed by atoms with E-state index in [-0.39, 0.29) is 17.2 Å². The Kier molecular flexibility index (Phi) is 2.19. The standard InChI is InChI=1S/C11H14FNO/c12-7-10(11(13)4-5-11)8-2-1-3-9(14)6-8/h1-3,6,10,14H,4-5,7,13H2. The summed E-state index contributed by atoms with van der Waals surface area (Å²) in [6.07, 6.45) is 1.74. The van der Waals surface area contributed by atoms with Gasteiger partial charge in [0.25, 0.3) is 0 Å². The summed E-state index contributed by atoms with van der Waals surface area (Å²) in [6.45, 7) is -0.458. The number of hydrogen-bond donors (Lipinski definition) is 2. The van der Waals surface area contributed by atoms with Gasteiger partial charge >= 0.3 is 0 Å². The molecule has 0 aliphatic heterocycles. The fraction of sp³-hybridized carbons (Fsp3) is 0.455. The summed E-state index contributed by atoms with van der Waals surface area (Å²) in [6, 6.07) is 6.71. The van der Waals surface area contributed by atoms with E-state index < -0.39 is 6.67 Å². The van der Waals surface area contributed by atoms with Crippen molar-refractivity contribution in [3.63, 3.8) is 0 Å². The fourth-order valence-electron chi connectivity index (χ4n) is 1.81. The largest absolute Gasteiger partial charge is 0.508 e. The maximum Gasteiger partial charge on any atom is 0.115 e.